The van der Waals surface area contributed by atoms with Crippen molar-refractivity contribution >= 4 is 34.7 Å². The summed E-state index contributed by atoms with van der Waals surface area (Å²) in [6, 6.07) is 7.73. The number of ether oxygens (including phenoxy) is 2. The Bertz CT molecular complexity index is 1520. The first-order chi connectivity index (χ1) is 19.9. The van der Waals surface area contributed by atoms with Gasteiger partial charge >= 0.3 is 0 Å². The van der Waals surface area contributed by atoms with Crippen LogP contribution in [0.2, 0.25) is 0 Å². The number of carbonyl (C=O) groups is 2. The normalized spacial score (nSPS) is 22.4. The van der Waals surface area contributed by atoms with E-state index in [0.29, 0.717) is 24.7 Å². The topological polar surface area (TPSA) is 136 Å². The van der Waals surface area contributed by atoms with Crippen molar-refractivity contribution in [2.24, 2.45) is 5.92 Å². The Morgan fingerprint density at radius 2 is 1.88 bits per heavy atom. The fourth-order valence-corrected chi connectivity index (χ4v) is 6.46. The summed E-state index contributed by atoms with van der Waals surface area (Å²) < 4.78 is 14.4. The molecule has 12 heteroatoms. The zero-order valence-corrected chi connectivity index (χ0v) is 23.4. The summed E-state index contributed by atoms with van der Waals surface area (Å²) in [5.74, 6) is -0.736. The fraction of sp³-hybridized carbons (Fsp3) is 0.483. The SMILES string of the molecule is CNC(=O)c1nnc(NC(=O)C2CC2)cc1Nc1cccc2c1N(C)[C@@H](C)c1c-2cnn1C1CCCC12OCCO2. The minimum Gasteiger partial charge on any atom is -0.364 e. The molecule has 4 heterocycles. The molecule has 214 valence electrons. The summed E-state index contributed by atoms with van der Waals surface area (Å²) in [6.07, 6.45) is 6.56. The van der Waals surface area contributed by atoms with Gasteiger partial charge in [0, 0.05) is 43.6 Å². The molecule has 3 fully saturated rings. The average molecular weight is 559 g/mol. The molecule has 1 unspecified atom stereocenters. The number of hydrogen-bond donors (Lipinski definition) is 3. The lowest BCUT2D eigenvalue weighted by Gasteiger charge is -2.38. The van der Waals surface area contributed by atoms with Gasteiger partial charge in [-0.15, -0.1) is 10.2 Å². The number of nitrogens with zero attached hydrogens (tertiary/aromatic N) is 5. The Morgan fingerprint density at radius 1 is 1.07 bits per heavy atom. The van der Waals surface area contributed by atoms with Gasteiger partial charge < -0.3 is 30.3 Å². The maximum atomic E-state index is 12.7. The highest BCUT2D eigenvalue weighted by atomic mass is 16.7. The molecular weight excluding hydrogens is 524 g/mol. The molecule has 7 rings (SSSR count). The number of rotatable bonds is 6. The Hall–Kier alpha value is -4.03. The highest BCUT2D eigenvalue weighted by molar-refractivity contribution is 6.01. The van der Waals surface area contributed by atoms with E-state index < -0.39 is 5.79 Å². The largest absolute Gasteiger partial charge is 0.364 e. The van der Waals surface area contributed by atoms with E-state index in [0.717, 1.165) is 60.3 Å². The standard InChI is InChI=1S/C29H34N8O4/c1-16-25-19(15-31-37(25)22-8-5-11-29(22)40-12-13-41-29)18-6-4-7-20(26(18)36(16)3)32-21-14-23(33-27(38)17-9-10-17)34-35-24(21)28(39)30-2/h4,6-7,14-17,22H,5,8-13H2,1-3H3,(H,30,39)(H2,32,33,34,38)/t16-,22?/m0/s1. The van der Waals surface area contributed by atoms with E-state index in [1.54, 1.807) is 13.1 Å². The molecule has 1 aromatic carbocycles. The number of aromatic nitrogens is 4. The third-order valence-corrected chi connectivity index (χ3v) is 8.78. The molecule has 2 amide bonds. The van der Waals surface area contributed by atoms with Crippen molar-refractivity contribution in [1.29, 1.82) is 0 Å². The maximum Gasteiger partial charge on any atom is 0.273 e. The van der Waals surface area contributed by atoms with E-state index in [4.69, 9.17) is 14.6 Å². The maximum absolute atomic E-state index is 12.7. The van der Waals surface area contributed by atoms with E-state index in [-0.39, 0.29) is 35.5 Å². The van der Waals surface area contributed by atoms with Gasteiger partial charge in [-0.25, -0.2) is 0 Å². The van der Waals surface area contributed by atoms with Gasteiger partial charge in [0.1, 0.15) is 6.04 Å². The molecule has 2 aliphatic carbocycles. The van der Waals surface area contributed by atoms with Gasteiger partial charge in [0.25, 0.3) is 5.91 Å². The zero-order valence-electron chi connectivity index (χ0n) is 23.4. The average Bonchev–Trinajstić information content (AvgIpc) is 3.36. The number of para-hydroxylation sites is 1. The number of amides is 2. The lowest BCUT2D eigenvalue weighted by atomic mass is 9.93. The molecule has 2 aromatic heterocycles. The van der Waals surface area contributed by atoms with Crippen LogP contribution in [0.15, 0.2) is 30.5 Å². The van der Waals surface area contributed by atoms with Crippen LogP contribution in [0, 0.1) is 5.92 Å². The second-order valence-corrected chi connectivity index (χ2v) is 11.3. The van der Waals surface area contributed by atoms with Crippen molar-refractivity contribution in [3.63, 3.8) is 0 Å². The molecule has 2 atom stereocenters. The molecule has 3 aromatic rings. The van der Waals surface area contributed by atoms with Gasteiger partial charge in [-0.1, -0.05) is 12.1 Å². The Balaban J connectivity index is 1.27. The van der Waals surface area contributed by atoms with Crippen LogP contribution in [-0.2, 0) is 14.3 Å². The number of nitrogens with one attached hydrogen (secondary N) is 3. The summed E-state index contributed by atoms with van der Waals surface area (Å²) in [6.45, 7) is 3.40. The van der Waals surface area contributed by atoms with Crippen molar-refractivity contribution in [2.75, 3.05) is 42.8 Å². The van der Waals surface area contributed by atoms with Gasteiger partial charge in [-0.2, -0.15) is 5.10 Å². The van der Waals surface area contributed by atoms with Crippen LogP contribution < -0.4 is 20.9 Å². The smallest absolute Gasteiger partial charge is 0.273 e. The van der Waals surface area contributed by atoms with Crippen LogP contribution in [0.5, 0.6) is 0 Å². The Kier molecular flexibility index (Phi) is 6.20. The Morgan fingerprint density at radius 3 is 2.63 bits per heavy atom. The molecular formula is C29H34N8O4. The predicted molar refractivity (Wildman–Crippen MR) is 152 cm³/mol. The third-order valence-electron chi connectivity index (χ3n) is 8.78. The fourth-order valence-electron chi connectivity index (χ4n) is 6.46. The first-order valence-electron chi connectivity index (χ1n) is 14.3. The summed E-state index contributed by atoms with van der Waals surface area (Å²) in [5, 5.41) is 22.0. The van der Waals surface area contributed by atoms with Crippen LogP contribution in [0.25, 0.3) is 11.1 Å². The van der Waals surface area contributed by atoms with Gasteiger partial charge in [-0.05, 0) is 38.7 Å². The number of carbonyl (C=O) groups excluding carboxylic acids is 2. The molecule has 41 heavy (non-hydrogen) atoms. The summed E-state index contributed by atoms with van der Waals surface area (Å²) in [5.41, 5.74) is 5.58. The van der Waals surface area contributed by atoms with Crippen molar-refractivity contribution in [3.8, 4) is 11.1 Å². The monoisotopic (exact) mass is 558 g/mol. The molecule has 12 nitrogen and oxygen atoms in total. The van der Waals surface area contributed by atoms with E-state index in [2.05, 4.69) is 55.8 Å². The molecule has 2 saturated carbocycles. The first-order valence-corrected chi connectivity index (χ1v) is 14.3. The summed E-state index contributed by atoms with van der Waals surface area (Å²) >= 11 is 0. The molecule has 4 aliphatic rings. The van der Waals surface area contributed by atoms with Crippen LogP contribution in [0.1, 0.15) is 67.3 Å². The highest BCUT2D eigenvalue weighted by Gasteiger charge is 2.51. The zero-order chi connectivity index (χ0) is 28.3. The third kappa shape index (κ3) is 4.24. The highest BCUT2D eigenvalue weighted by Crippen LogP contribution is 2.52. The van der Waals surface area contributed by atoms with Gasteiger partial charge in [0.05, 0.1) is 48.2 Å². The molecule has 0 radical (unpaired) electrons. The van der Waals surface area contributed by atoms with Gasteiger partial charge in [0.2, 0.25) is 5.91 Å². The first kappa shape index (κ1) is 25.9. The molecule has 2 aliphatic heterocycles. The number of hydrogen-bond acceptors (Lipinski definition) is 9. The van der Waals surface area contributed by atoms with Gasteiger partial charge in [0.15, 0.2) is 17.3 Å². The number of benzene rings is 1. The Labute approximate surface area is 237 Å². The minimum absolute atomic E-state index is 0.00405. The molecule has 3 N–H and O–H groups in total. The van der Waals surface area contributed by atoms with Crippen LogP contribution in [0.3, 0.4) is 0 Å². The van der Waals surface area contributed by atoms with E-state index in [1.165, 1.54) is 0 Å². The molecule has 0 bridgehead atoms. The van der Waals surface area contributed by atoms with Crippen molar-refractivity contribution < 1.29 is 19.1 Å². The lowest BCUT2D eigenvalue weighted by molar-refractivity contribution is -0.178. The summed E-state index contributed by atoms with van der Waals surface area (Å²) in [4.78, 5) is 27.3. The predicted octanol–water partition coefficient (Wildman–Crippen LogP) is 3.77. The van der Waals surface area contributed by atoms with Gasteiger partial charge in [-0.3, -0.25) is 14.3 Å². The minimum atomic E-state index is -0.598. The second kappa shape index (κ2) is 9.81. The quantitative estimate of drug-likeness (QED) is 0.413. The molecule has 1 spiro atoms. The summed E-state index contributed by atoms with van der Waals surface area (Å²) in [7, 11) is 3.61. The lowest BCUT2D eigenvalue weighted by Crippen LogP contribution is -2.39. The molecule has 1 saturated heterocycles. The second-order valence-electron chi connectivity index (χ2n) is 11.3. The van der Waals surface area contributed by atoms with E-state index in [9.17, 15) is 9.59 Å². The van der Waals surface area contributed by atoms with Crippen LogP contribution in [0.4, 0.5) is 22.9 Å². The van der Waals surface area contributed by atoms with Crippen LogP contribution in [-0.4, -0.2) is 64.9 Å². The van der Waals surface area contributed by atoms with Crippen LogP contribution >= 0.6 is 0 Å². The van der Waals surface area contributed by atoms with E-state index in [1.807, 2.05) is 18.3 Å². The van der Waals surface area contributed by atoms with Crippen molar-refractivity contribution in [1.82, 2.24) is 25.3 Å². The number of fused-ring (bicyclic) bond motifs is 3. The number of anilines is 4. The van der Waals surface area contributed by atoms with E-state index >= 15 is 0 Å². The van der Waals surface area contributed by atoms with Crippen molar-refractivity contribution in [2.45, 2.75) is 56.9 Å². The van der Waals surface area contributed by atoms with Crippen molar-refractivity contribution in [3.05, 3.63) is 41.9 Å².